The van der Waals surface area contributed by atoms with Gasteiger partial charge in [0.2, 0.25) is 5.91 Å². The minimum atomic E-state index is -0.891. The Morgan fingerprint density at radius 2 is 2.11 bits per heavy atom. The van der Waals surface area contributed by atoms with Gasteiger partial charge in [-0.15, -0.1) is 0 Å². The average Bonchev–Trinajstić information content (AvgIpc) is 2.38. The van der Waals surface area contributed by atoms with E-state index in [1.807, 2.05) is 6.92 Å². The van der Waals surface area contributed by atoms with Crippen LogP contribution in [-0.4, -0.2) is 47.7 Å². The number of amides is 1. The minimum Gasteiger partial charge on any atom is -0.480 e. The van der Waals surface area contributed by atoms with Crippen molar-refractivity contribution in [1.82, 2.24) is 4.90 Å². The van der Waals surface area contributed by atoms with Crippen molar-refractivity contribution in [3.05, 3.63) is 0 Å². The summed E-state index contributed by atoms with van der Waals surface area (Å²) in [4.78, 5) is 24.7. The van der Waals surface area contributed by atoms with Gasteiger partial charge in [0.1, 0.15) is 6.04 Å². The maximum Gasteiger partial charge on any atom is 0.326 e. The highest BCUT2D eigenvalue weighted by molar-refractivity contribution is 5.84. The molecule has 1 N–H and O–H groups in total. The standard InChI is InChI=1S/C13H23NO4/c1-3-10-5-7-14(11(9-10)13(16)17)12(15)6-8-18-4-2/h10-11H,3-9H2,1-2H3,(H,16,17). The third-order valence-electron chi connectivity index (χ3n) is 3.56. The summed E-state index contributed by atoms with van der Waals surface area (Å²) in [6.45, 7) is 5.44. The predicted octanol–water partition coefficient (Wildman–Crippen LogP) is 1.51. The Bertz CT molecular complexity index is 293. The van der Waals surface area contributed by atoms with Gasteiger partial charge in [-0.1, -0.05) is 13.3 Å². The van der Waals surface area contributed by atoms with Crippen LogP contribution in [0.5, 0.6) is 0 Å². The number of hydrogen-bond donors (Lipinski definition) is 1. The van der Waals surface area contributed by atoms with Crippen molar-refractivity contribution in [3.63, 3.8) is 0 Å². The lowest BCUT2D eigenvalue weighted by Crippen LogP contribution is -2.50. The number of ether oxygens (including phenoxy) is 1. The Morgan fingerprint density at radius 3 is 2.67 bits per heavy atom. The smallest absolute Gasteiger partial charge is 0.326 e. The molecule has 5 heteroatoms. The Balaban J connectivity index is 2.56. The predicted molar refractivity (Wildman–Crippen MR) is 67.3 cm³/mol. The van der Waals surface area contributed by atoms with Gasteiger partial charge in [0.05, 0.1) is 13.0 Å². The number of piperidine rings is 1. The Hall–Kier alpha value is -1.10. The fourth-order valence-corrected chi connectivity index (χ4v) is 2.39. The zero-order valence-corrected chi connectivity index (χ0v) is 11.2. The first-order valence-corrected chi connectivity index (χ1v) is 6.70. The van der Waals surface area contributed by atoms with E-state index in [1.54, 1.807) is 0 Å². The summed E-state index contributed by atoms with van der Waals surface area (Å²) in [6.07, 6.45) is 2.73. The van der Waals surface area contributed by atoms with E-state index < -0.39 is 12.0 Å². The molecule has 0 radical (unpaired) electrons. The number of carboxylic acids is 1. The van der Waals surface area contributed by atoms with Gasteiger partial charge in [0.15, 0.2) is 0 Å². The van der Waals surface area contributed by atoms with E-state index >= 15 is 0 Å². The van der Waals surface area contributed by atoms with E-state index in [4.69, 9.17) is 4.74 Å². The van der Waals surface area contributed by atoms with Crippen molar-refractivity contribution in [3.8, 4) is 0 Å². The van der Waals surface area contributed by atoms with E-state index in [-0.39, 0.29) is 12.3 Å². The normalized spacial score (nSPS) is 24.0. The number of rotatable bonds is 6. The first-order chi connectivity index (χ1) is 8.60. The molecule has 18 heavy (non-hydrogen) atoms. The SMILES string of the molecule is CCOCCC(=O)N1CCC(CC)CC1C(=O)O. The molecule has 1 amide bonds. The molecule has 0 saturated carbocycles. The number of aliphatic carboxylic acids is 1. The van der Waals surface area contributed by atoms with Crippen molar-refractivity contribution >= 4 is 11.9 Å². The van der Waals surface area contributed by atoms with Crippen LogP contribution in [0.15, 0.2) is 0 Å². The number of nitrogens with zero attached hydrogens (tertiary/aromatic N) is 1. The second-order valence-corrected chi connectivity index (χ2v) is 4.69. The van der Waals surface area contributed by atoms with Crippen molar-refractivity contribution in [2.45, 2.75) is 45.6 Å². The van der Waals surface area contributed by atoms with Crippen LogP contribution >= 0.6 is 0 Å². The van der Waals surface area contributed by atoms with E-state index in [0.717, 1.165) is 12.8 Å². The Labute approximate surface area is 108 Å². The monoisotopic (exact) mass is 257 g/mol. The van der Waals surface area contributed by atoms with Gasteiger partial charge in [-0.3, -0.25) is 4.79 Å². The fraction of sp³-hybridized carbons (Fsp3) is 0.846. The minimum absolute atomic E-state index is 0.106. The molecule has 1 aliphatic rings. The van der Waals surface area contributed by atoms with E-state index in [1.165, 1.54) is 4.90 Å². The molecule has 0 aromatic rings. The molecule has 1 saturated heterocycles. The summed E-state index contributed by atoms with van der Waals surface area (Å²) in [5.74, 6) is -0.578. The molecule has 2 unspecified atom stereocenters. The molecule has 0 aromatic heterocycles. The molecule has 0 spiro atoms. The van der Waals surface area contributed by atoms with Gasteiger partial charge in [-0.25, -0.2) is 4.79 Å². The summed E-state index contributed by atoms with van der Waals surface area (Å²) in [6, 6.07) is -0.655. The molecule has 0 bridgehead atoms. The lowest BCUT2D eigenvalue weighted by atomic mass is 9.88. The van der Waals surface area contributed by atoms with Crippen molar-refractivity contribution in [2.24, 2.45) is 5.92 Å². The van der Waals surface area contributed by atoms with Gasteiger partial charge in [-0.05, 0) is 25.7 Å². The molecule has 1 rings (SSSR count). The van der Waals surface area contributed by atoms with Gasteiger partial charge < -0.3 is 14.7 Å². The first-order valence-electron chi connectivity index (χ1n) is 6.70. The van der Waals surface area contributed by atoms with Gasteiger partial charge in [-0.2, -0.15) is 0 Å². The number of carbonyl (C=O) groups excluding carboxylic acids is 1. The van der Waals surface area contributed by atoms with E-state index in [2.05, 4.69) is 6.92 Å². The highest BCUT2D eigenvalue weighted by Crippen LogP contribution is 2.26. The number of likely N-dealkylation sites (tertiary alicyclic amines) is 1. The highest BCUT2D eigenvalue weighted by atomic mass is 16.5. The lowest BCUT2D eigenvalue weighted by Gasteiger charge is -2.37. The van der Waals surface area contributed by atoms with Gasteiger partial charge in [0.25, 0.3) is 0 Å². The number of hydrogen-bond acceptors (Lipinski definition) is 3. The highest BCUT2D eigenvalue weighted by Gasteiger charge is 2.35. The molecule has 1 fully saturated rings. The third kappa shape index (κ3) is 3.98. The van der Waals surface area contributed by atoms with Crippen LogP contribution in [0.4, 0.5) is 0 Å². The van der Waals surface area contributed by atoms with Crippen LogP contribution in [0.1, 0.15) is 39.5 Å². The van der Waals surface area contributed by atoms with Crippen LogP contribution in [0.3, 0.4) is 0 Å². The molecular formula is C13H23NO4. The maximum atomic E-state index is 12.0. The van der Waals surface area contributed by atoms with Crippen molar-refractivity contribution in [2.75, 3.05) is 19.8 Å². The molecule has 104 valence electrons. The van der Waals surface area contributed by atoms with Crippen LogP contribution in [-0.2, 0) is 14.3 Å². The quantitative estimate of drug-likeness (QED) is 0.732. The number of carboxylic acid groups (broad SMARTS) is 1. The summed E-state index contributed by atoms with van der Waals surface area (Å²) < 4.78 is 5.14. The maximum absolute atomic E-state index is 12.0. The Kier molecular flexibility index (Phi) is 6.12. The van der Waals surface area contributed by atoms with E-state index in [0.29, 0.717) is 32.1 Å². The summed E-state index contributed by atoms with van der Waals surface area (Å²) in [7, 11) is 0. The largest absolute Gasteiger partial charge is 0.480 e. The summed E-state index contributed by atoms with van der Waals surface area (Å²) in [5.41, 5.74) is 0. The van der Waals surface area contributed by atoms with Gasteiger partial charge in [0, 0.05) is 13.2 Å². The molecule has 0 aliphatic carbocycles. The first kappa shape index (κ1) is 15.0. The molecule has 2 atom stereocenters. The van der Waals surface area contributed by atoms with Gasteiger partial charge >= 0.3 is 5.97 Å². The lowest BCUT2D eigenvalue weighted by molar-refractivity contribution is -0.153. The summed E-state index contributed by atoms with van der Waals surface area (Å²) >= 11 is 0. The zero-order valence-electron chi connectivity index (χ0n) is 11.2. The van der Waals surface area contributed by atoms with Crippen LogP contribution in [0.25, 0.3) is 0 Å². The second kappa shape index (κ2) is 7.36. The van der Waals surface area contributed by atoms with Crippen molar-refractivity contribution in [1.29, 1.82) is 0 Å². The van der Waals surface area contributed by atoms with Crippen molar-refractivity contribution < 1.29 is 19.4 Å². The molecule has 1 heterocycles. The number of carbonyl (C=O) groups is 2. The fourth-order valence-electron chi connectivity index (χ4n) is 2.39. The molecule has 5 nitrogen and oxygen atoms in total. The van der Waals surface area contributed by atoms with E-state index in [9.17, 15) is 14.7 Å². The average molecular weight is 257 g/mol. The molecule has 0 aromatic carbocycles. The van der Waals surface area contributed by atoms with Crippen LogP contribution in [0.2, 0.25) is 0 Å². The topological polar surface area (TPSA) is 66.8 Å². The molecular weight excluding hydrogens is 234 g/mol. The Morgan fingerprint density at radius 1 is 1.39 bits per heavy atom. The summed E-state index contributed by atoms with van der Waals surface area (Å²) in [5, 5.41) is 9.22. The zero-order chi connectivity index (χ0) is 13.5. The van der Waals surface area contributed by atoms with Crippen LogP contribution in [0, 0.1) is 5.92 Å². The van der Waals surface area contributed by atoms with Crippen LogP contribution < -0.4 is 0 Å². The third-order valence-corrected chi connectivity index (χ3v) is 3.56. The second-order valence-electron chi connectivity index (χ2n) is 4.69. The molecule has 1 aliphatic heterocycles.